The van der Waals surface area contributed by atoms with E-state index in [0.717, 1.165) is 37.5 Å². The maximum absolute atomic E-state index is 13.4. The van der Waals surface area contributed by atoms with E-state index < -0.39 is 0 Å². The first-order chi connectivity index (χ1) is 14.2. The zero-order chi connectivity index (χ0) is 20.1. The number of hydrogen-bond acceptors (Lipinski definition) is 2. The molecule has 3 unspecified atom stereocenters. The van der Waals surface area contributed by atoms with Crippen molar-refractivity contribution in [3.8, 4) is 0 Å². The molecular weight excluding hydrogens is 356 g/mol. The van der Waals surface area contributed by atoms with Gasteiger partial charge in [-0.3, -0.25) is 4.79 Å². The number of aryl methyl sites for hydroxylation is 1. The van der Waals surface area contributed by atoms with Crippen molar-refractivity contribution in [2.75, 3.05) is 32.7 Å². The van der Waals surface area contributed by atoms with E-state index in [2.05, 4.69) is 53.1 Å². The zero-order valence-corrected chi connectivity index (χ0v) is 18.2. The first kappa shape index (κ1) is 20.7. The first-order valence-electron chi connectivity index (χ1n) is 12.0. The van der Waals surface area contributed by atoms with Crippen LogP contribution in [0.1, 0.15) is 67.8 Å². The summed E-state index contributed by atoms with van der Waals surface area (Å²) in [6, 6.07) is 8.46. The van der Waals surface area contributed by atoms with Crippen molar-refractivity contribution in [3.05, 3.63) is 47.5 Å². The van der Waals surface area contributed by atoms with Crippen LogP contribution in [0.4, 0.5) is 0 Å². The summed E-state index contributed by atoms with van der Waals surface area (Å²) in [4.78, 5) is 18.1. The number of rotatable bonds is 10. The molecule has 3 aliphatic rings. The number of allylic oxidation sites excluding steroid dienone is 2. The molecule has 2 bridgehead atoms. The van der Waals surface area contributed by atoms with Gasteiger partial charge < -0.3 is 9.80 Å². The number of unbranched alkanes of at least 4 members (excludes halogenated alkanes) is 2. The molecule has 1 heterocycles. The fourth-order valence-corrected chi connectivity index (χ4v) is 5.51. The molecule has 158 valence electrons. The highest BCUT2D eigenvalue weighted by Crippen LogP contribution is 2.43. The van der Waals surface area contributed by atoms with Crippen molar-refractivity contribution in [2.45, 2.75) is 58.3 Å². The molecule has 4 rings (SSSR count). The second-order valence-electron chi connectivity index (χ2n) is 9.49. The molecule has 1 aliphatic heterocycles. The highest BCUT2D eigenvalue weighted by atomic mass is 16.2. The van der Waals surface area contributed by atoms with Gasteiger partial charge in [-0.15, -0.1) is 0 Å². The Kier molecular flexibility index (Phi) is 7.07. The number of carbonyl (C=O) groups is 1. The van der Waals surface area contributed by atoms with Crippen LogP contribution in [0.25, 0.3) is 0 Å². The number of likely N-dealkylation sites (tertiary alicyclic amines) is 1. The molecule has 1 aromatic rings. The number of hydrogen-bond donors (Lipinski definition) is 0. The molecule has 0 spiro atoms. The van der Waals surface area contributed by atoms with Gasteiger partial charge in [-0.25, -0.2) is 0 Å². The molecular formula is C26H38N2O. The van der Waals surface area contributed by atoms with Gasteiger partial charge in [0.15, 0.2) is 0 Å². The van der Waals surface area contributed by atoms with Gasteiger partial charge in [0.25, 0.3) is 5.91 Å². The van der Waals surface area contributed by atoms with Crippen molar-refractivity contribution in [2.24, 2.45) is 17.8 Å². The topological polar surface area (TPSA) is 23.6 Å². The van der Waals surface area contributed by atoms with Crippen LogP contribution in [0, 0.1) is 17.8 Å². The van der Waals surface area contributed by atoms with Crippen molar-refractivity contribution in [3.63, 3.8) is 0 Å². The average Bonchev–Trinajstić information content (AvgIpc) is 3.50. The third-order valence-electron chi connectivity index (χ3n) is 7.31. The molecule has 1 amide bonds. The minimum Gasteiger partial charge on any atom is -0.337 e. The minimum atomic E-state index is 0.232. The summed E-state index contributed by atoms with van der Waals surface area (Å²) in [5, 5.41) is 0. The second-order valence-corrected chi connectivity index (χ2v) is 9.49. The zero-order valence-electron chi connectivity index (χ0n) is 18.2. The quantitative estimate of drug-likeness (QED) is 0.404. The van der Waals surface area contributed by atoms with E-state index in [4.69, 9.17) is 0 Å². The molecule has 0 radical (unpaired) electrons. The molecule has 3 nitrogen and oxygen atoms in total. The van der Waals surface area contributed by atoms with E-state index in [1.165, 1.54) is 63.6 Å². The van der Waals surface area contributed by atoms with Crippen LogP contribution in [0.5, 0.6) is 0 Å². The van der Waals surface area contributed by atoms with Gasteiger partial charge in [0.1, 0.15) is 0 Å². The van der Waals surface area contributed by atoms with Gasteiger partial charge in [-0.1, -0.05) is 44.1 Å². The lowest BCUT2D eigenvalue weighted by atomic mass is 9.93. The number of amides is 1. The van der Waals surface area contributed by atoms with E-state index in [1.807, 2.05) is 0 Å². The third-order valence-corrected chi connectivity index (χ3v) is 7.31. The summed E-state index contributed by atoms with van der Waals surface area (Å²) < 4.78 is 0. The normalized spacial score (nSPS) is 25.8. The Morgan fingerprint density at radius 1 is 1.07 bits per heavy atom. The molecule has 1 aromatic carbocycles. The van der Waals surface area contributed by atoms with Gasteiger partial charge >= 0.3 is 0 Å². The minimum absolute atomic E-state index is 0.232. The fourth-order valence-electron chi connectivity index (χ4n) is 5.51. The SMILES string of the molecule is CCCCCc1ccc(C(=O)N(CCN2CCCC2)CC2CC3C=CC2C3)cc1. The lowest BCUT2D eigenvalue weighted by Gasteiger charge is -2.30. The van der Waals surface area contributed by atoms with Crippen molar-refractivity contribution < 1.29 is 4.79 Å². The molecule has 2 aliphatic carbocycles. The Morgan fingerprint density at radius 3 is 2.52 bits per heavy atom. The van der Waals surface area contributed by atoms with Gasteiger partial charge in [0, 0.05) is 25.2 Å². The van der Waals surface area contributed by atoms with E-state index >= 15 is 0 Å². The highest BCUT2D eigenvalue weighted by Gasteiger charge is 2.37. The van der Waals surface area contributed by atoms with Crippen LogP contribution in [-0.4, -0.2) is 48.4 Å². The lowest BCUT2D eigenvalue weighted by molar-refractivity contribution is 0.0702. The Bertz CT molecular complexity index is 689. The molecule has 2 fully saturated rings. The lowest BCUT2D eigenvalue weighted by Crippen LogP contribution is -2.41. The Hall–Kier alpha value is -1.61. The maximum atomic E-state index is 13.4. The predicted molar refractivity (Wildman–Crippen MR) is 120 cm³/mol. The summed E-state index contributed by atoms with van der Waals surface area (Å²) >= 11 is 0. The number of fused-ring (bicyclic) bond motifs is 2. The number of nitrogens with zero attached hydrogens (tertiary/aromatic N) is 2. The van der Waals surface area contributed by atoms with Crippen LogP contribution in [-0.2, 0) is 6.42 Å². The van der Waals surface area contributed by atoms with Crippen LogP contribution < -0.4 is 0 Å². The van der Waals surface area contributed by atoms with Gasteiger partial charge in [0.05, 0.1) is 0 Å². The molecule has 29 heavy (non-hydrogen) atoms. The van der Waals surface area contributed by atoms with Crippen molar-refractivity contribution in [1.29, 1.82) is 0 Å². The molecule has 1 saturated heterocycles. The third kappa shape index (κ3) is 5.31. The second kappa shape index (κ2) is 9.93. The fraction of sp³-hybridized carbons (Fsp3) is 0.654. The van der Waals surface area contributed by atoms with Crippen molar-refractivity contribution >= 4 is 5.91 Å². The smallest absolute Gasteiger partial charge is 0.253 e. The summed E-state index contributed by atoms with van der Waals surface area (Å²) in [6.07, 6.45) is 14.9. The molecule has 3 heteroatoms. The van der Waals surface area contributed by atoms with E-state index in [1.54, 1.807) is 0 Å². The first-order valence-corrected chi connectivity index (χ1v) is 12.0. The Morgan fingerprint density at radius 2 is 1.86 bits per heavy atom. The summed E-state index contributed by atoms with van der Waals surface area (Å²) in [5.74, 6) is 2.35. The van der Waals surface area contributed by atoms with Crippen LogP contribution in [0.15, 0.2) is 36.4 Å². The van der Waals surface area contributed by atoms with E-state index in [0.29, 0.717) is 11.8 Å². The van der Waals surface area contributed by atoms with E-state index in [9.17, 15) is 4.79 Å². The van der Waals surface area contributed by atoms with Crippen LogP contribution in [0.3, 0.4) is 0 Å². The van der Waals surface area contributed by atoms with E-state index in [-0.39, 0.29) is 5.91 Å². The van der Waals surface area contributed by atoms with Crippen LogP contribution in [0.2, 0.25) is 0 Å². The summed E-state index contributed by atoms with van der Waals surface area (Å²) in [6.45, 7) is 7.46. The summed E-state index contributed by atoms with van der Waals surface area (Å²) in [7, 11) is 0. The molecule has 0 aromatic heterocycles. The van der Waals surface area contributed by atoms with Gasteiger partial charge in [-0.2, -0.15) is 0 Å². The van der Waals surface area contributed by atoms with Gasteiger partial charge in [0.2, 0.25) is 0 Å². The molecule has 1 saturated carbocycles. The van der Waals surface area contributed by atoms with Crippen LogP contribution >= 0.6 is 0 Å². The van der Waals surface area contributed by atoms with Crippen molar-refractivity contribution in [1.82, 2.24) is 9.80 Å². The maximum Gasteiger partial charge on any atom is 0.253 e. The standard InChI is InChI=1S/C26H38N2O/c1-2-3-4-7-21-8-11-23(12-9-21)26(29)28(17-16-27-14-5-6-15-27)20-25-19-22-10-13-24(25)18-22/h8-13,22,24-25H,2-7,14-20H2,1H3. The largest absolute Gasteiger partial charge is 0.337 e. The predicted octanol–water partition coefficient (Wildman–Crippen LogP) is 5.17. The molecule has 3 atom stereocenters. The highest BCUT2D eigenvalue weighted by molar-refractivity contribution is 5.94. The Balaban J connectivity index is 1.39. The average molecular weight is 395 g/mol. The van der Waals surface area contributed by atoms with Gasteiger partial charge in [-0.05, 0) is 87.1 Å². The Labute approximate surface area is 177 Å². The number of carbonyl (C=O) groups excluding carboxylic acids is 1. The monoisotopic (exact) mass is 394 g/mol. The summed E-state index contributed by atoms with van der Waals surface area (Å²) in [5.41, 5.74) is 2.22. The number of benzene rings is 1. The molecule has 0 N–H and O–H groups in total.